The minimum absolute atomic E-state index is 0.597. The van der Waals surface area contributed by atoms with Gasteiger partial charge in [0.15, 0.2) is 0 Å². The van der Waals surface area contributed by atoms with Gasteiger partial charge in [0.1, 0.15) is 0 Å². The van der Waals surface area contributed by atoms with Gasteiger partial charge in [0, 0.05) is 11.5 Å². The molecule has 162 valence electrons. The Kier molecular flexibility index (Phi) is 12.9. The van der Waals surface area contributed by atoms with E-state index in [1.165, 1.54) is 95.5 Å². The van der Waals surface area contributed by atoms with Crippen LogP contribution < -0.4 is 0 Å². The summed E-state index contributed by atoms with van der Waals surface area (Å²) in [7, 11) is 0. The number of allylic oxidation sites excluding steroid dienone is 2. The summed E-state index contributed by atoms with van der Waals surface area (Å²) in [6, 6.07) is 8.73. The number of benzene rings is 1. The lowest BCUT2D eigenvalue weighted by molar-refractivity contribution is 0.294. The van der Waals surface area contributed by atoms with Crippen molar-refractivity contribution in [1.29, 1.82) is 0 Å². The van der Waals surface area contributed by atoms with Crippen LogP contribution in [0.2, 0.25) is 0 Å². The van der Waals surface area contributed by atoms with Crippen molar-refractivity contribution in [2.24, 2.45) is 11.8 Å². The molecule has 0 atom stereocenters. The maximum absolute atomic E-state index is 3.45. The molecule has 0 nitrogen and oxygen atoms in total. The fourth-order valence-electron chi connectivity index (χ4n) is 4.34. The molecule has 0 aromatic heterocycles. The first-order valence-electron chi connectivity index (χ1n) is 12.6. The molecule has 0 unspecified atom stereocenters. The van der Waals surface area contributed by atoms with Gasteiger partial charge in [-0.15, -0.1) is 0 Å². The van der Waals surface area contributed by atoms with Crippen molar-refractivity contribution in [3.63, 3.8) is 0 Å². The number of aryl methyl sites for hydroxylation is 1. The first-order valence-corrected chi connectivity index (χ1v) is 12.6. The second kappa shape index (κ2) is 15.9. The summed E-state index contributed by atoms with van der Waals surface area (Å²) in [5.41, 5.74) is 2.51. The van der Waals surface area contributed by atoms with Gasteiger partial charge in [-0.25, -0.2) is 0 Å². The first kappa shape index (κ1) is 24.4. The Labute approximate surface area is 186 Å². The van der Waals surface area contributed by atoms with Gasteiger partial charge >= 0.3 is 0 Å². The van der Waals surface area contributed by atoms with Gasteiger partial charge < -0.3 is 0 Å². The lowest BCUT2D eigenvalue weighted by Crippen LogP contribution is -2.13. The Morgan fingerprint density at radius 2 is 1.43 bits per heavy atom. The van der Waals surface area contributed by atoms with Gasteiger partial charge in [0.2, 0.25) is 0 Å². The molecule has 2 rings (SSSR count). The Morgan fingerprint density at radius 3 is 2.13 bits per heavy atom. The average molecular weight is 403 g/mol. The minimum atomic E-state index is 0.597. The van der Waals surface area contributed by atoms with E-state index in [2.05, 4.69) is 61.8 Å². The van der Waals surface area contributed by atoms with E-state index in [0.717, 1.165) is 11.5 Å². The Hall–Kier alpha value is -1.92. The van der Waals surface area contributed by atoms with Crippen molar-refractivity contribution in [2.75, 3.05) is 0 Å². The van der Waals surface area contributed by atoms with E-state index in [4.69, 9.17) is 0 Å². The third kappa shape index (κ3) is 10.7. The van der Waals surface area contributed by atoms with Crippen LogP contribution in [0.1, 0.15) is 108 Å². The Morgan fingerprint density at radius 1 is 0.767 bits per heavy atom. The molecule has 1 aliphatic carbocycles. The van der Waals surface area contributed by atoms with E-state index in [9.17, 15) is 0 Å². The summed E-state index contributed by atoms with van der Waals surface area (Å²) in [5, 5.41) is 0. The van der Waals surface area contributed by atoms with Gasteiger partial charge in [-0.3, -0.25) is 0 Å². The molecular weight excluding hydrogens is 360 g/mol. The van der Waals surface area contributed by atoms with Crippen LogP contribution in [-0.4, -0.2) is 0 Å². The molecule has 1 aromatic carbocycles. The highest BCUT2D eigenvalue weighted by Crippen LogP contribution is 2.31. The summed E-state index contributed by atoms with van der Waals surface area (Å²) in [6.07, 6.45) is 22.6. The molecule has 0 heteroatoms. The first-order chi connectivity index (χ1) is 14.8. The molecule has 0 N–H and O–H groups in total. The smallest absolute Gasteiger partial charge is 0.0249 e. The third-order valence-corrected chi connectivity index (χ3v) is 6.34. The Balaban J connectivity index is 1.64. The molecule has 0 bridgehead atoms. The lowest BCUT2D eigenvalue weighted by atomic mass is 9.80. The predicted octanol–water partition coefficient (Wildman–Crippen LogP) is 8.50. The van der Waals surface area contributed by atoms with Gasteiger partial charge in [-0.1, -0.05) is 101 Å². The maximum atomic E-state index is 3.45. The summed E-state index contributed by atoms with van der Waals surface area (Å²) in [6.45, 7) is 4.55. The zero-order valence-corrected chi connectivity index (χ0v) is 19.5. The molecule has 1 fully saturated rings. The molecule has 0 heterocycles. The van der Waals surface area contributed by atoms with Gasteiger partial charge in [0.25, 0.3) is 0 Å². The second-order valence-electron chi connectivity index (χ2n) is 8.97. The highest BCUT2D eigenvalue weighted by Gasteiger charge is 2.19. The van der Waals surface area contributed by atoms with E-state index < -0.39 is 0 Å². The normalized spacial score (nSPS) is 18.5. The molecular formula is C30H42. The summed E-state index contributed by atoms with van der Waals surface area (Å²) >= 11 is 0. The summed E-state index contributed by atoms with van der Waals surface area (Å²) in [5.74, 6) is 14.6. The molecule has 0 aliphatic heterocycles. The van der Waals surface area contributed by atoms with Crippen LogP contribution in [0, 0.1) is 35.5 Å². The highest BCUT2D eigenvalue weighted by molar-refractivity contribution is 5.39. The molecule has 1 saturated carbocycles. The quantitative estimate of drug-likeness (QED) is 0.272. The molecule has 1 aromatic rings. The van der Waals surface area contributed by atoms with Crippen LogP contribution >= 0.6 is 0 Å². The van der Waals surface area contributed by atoms with E-state index in [-0.39, 0.29) is 0 Å². The summed E-state index contributed by atoms with van der Waals surface area (Å²) in [4.78, 5) is 0. The topological polar surface area (TPSA) is 0 Å². The van der Waals surface area contributed by atoms with Crippen LogP contribution in [0.3, 0.4) is 0 Å². The molecule has 0 saturated heterocycles. The zero-order chi connectivity index (χ0) is 21.3. The van der Waals surface area contributed by atoms with Crippen molar-refractivity contribution >= 4 is 0 Å². The fourth-order valence-corrected chi connectivity index (χ4v) is 4.34. The average Bonchev–Trinajstić information content (AvgIpc) is 2.78. The van der Waals surface area contributed by atoms with Crippen LogP contribution in [0.25, 0.3) is 0 Å². The van der Waals surface area contributed by atoms with Crippen molar-refractivity contribution in [3.05, 3.63) is 47.5 Å². The largest absolute Gasteiger partial charge is 0.0951 e. The molecule has 0 amide bonds. The van der Waals surface area contributed by atoms with Gasteiger partial charge in [-0.2, -0.15) is 0 Å². The molecule has 30 heavy (non-hydrogen) atoms. The maximum Gasteiger partial charge on any atom is 0.0249 e. The predicted molar refractivity (Wildman–Crippen MR) is 132 cm³/mol. The number of unbranched alkanes of at least 4 members (excludes halogenated alkanes) is 6. The standard InChI is InChI=1S/C30H42/c1-3-5-7-11-15-27-19-23-29(24-20-27)17-13-9-10-14-18-30-25-21-28(22-26-30)16-12-8-6-4-2/h9-10,19-20,23-24,28,30H,3-8,11-12,15-16,21-22,25-26H2,1-2H3. The zero-order valence-electron chi connectivity index (χ0n) is 19.5. The van der Waals surface area contributed by atoms with Gasteiger partial charge in [0.05, 0.1) is 0 Å². The van der Waals surface area contributed by atoms with E-state index in [0.29, 0.717) is 5.92 Å². The molecule has 1 aliphatic rings. The van der Waals surface area contributed by atoms with Crippen molar-refractivity contribution in [2.45, 2.75) is 104 Å². The van der Waals surface area contributed by atoms with Crippen LogP contribution in [0.4, 0.5) is 0 Å². The SMILES string of the molecule is CCCCCCc1ccc(C#CC=CC#CC2CCC(CCCCCC)CC2)cc1. The number of hydrogen-bond acceptors (Lipinski definition) is 0. The van der Waals surface area contributed by atoms with Crippen LogP contribution in [0.5, 0.6) is 0 Å². The summed E-state index contributed by atoms with van der Waals surface area (Å²) < 4.78 is 0. The number of rotatable bonds is 10. The lowest BCUT2D eigenvalue weighted by Gasteiger charge is -2.25. The van der Waals surface area contributed by atoms with Crippen LogP contribution in [-0.2, 0) is 6.42 Å². The number of hydrogen-bond donors (Lipinski definition) is 0. The van der Waals surface area contributed by atoms with Gasteiger partial charge in [-0.05, 0) is 74.3 Å². The second-order valence-corrected chi connectivity index (χ2v) is 8.97. The van der Waals surface area contributed by atoms with Crippen molar-refractivity contribution < 1.29 is 0 Å². The van der Waals surface area contributed by atoms with Crippen LogP contribution in [0.15, 0.2) is 36.4 Å². The molecule has 0 radical (unpaired) electrons. The van der Waals surface area contributed by atoms with E-state index >= 15 is 0 Å². The highest BCUT2D eigenvalue weighted by atomic mass is 14.2. The fraction of sp³-hybridized carbons (Fsp3) is 0.600. The van der Waals surface area contributed by atoms with E-state index in [1.54, 1.807) is 0 Å². The monoisotopic (exact) mass is 402 g/mol. The Bertz CT molecular complexity index is 705. The van der Waals surface area contributed by atoms with E-state index in [1.807, 2.05) is 12.2 Å². The molecule has 0 spiro atoms. The van der Waals surface area contributed by atoms with Crippen molar-refractivity contribution in [3.8, 4) is 23.7 Å². The van der Waals surface area contributed by atoms with Crippen molar-refractivity contribution in [1.82, 2.24) is 0 Å². The minimum Gasteiger partial charge on any atom is -0.0951 e. The third-order valence-electron chi connectivity index (χ3n) is 6.34.